The van der Waals surface area contributed by atoms with Crippen LogP contribution in [0.15, 0.2) is 15.4 Å². The summed E-state index contributed by atoms with van der Waals surface area (Å²) in [5.41, 5.74) is 4.87. The number of hydrogen-bond donors (Lipinski definition) is 1. The zero-order valence-corrected chi connectivity index (χ0v) is 4.42. The monoisotopic (exact) mass is 114 g/mol. The van der Waals surface area contributed by atoms with E-state index in [9.17, 15) is 4.79 Å². The number of hydrogen-bond acceptors (Lipinski definition) is 3. The van der Waals surface area contributed by atoms with Crippen molar-refractivity contribution in [1.82, 2.24) is 4.74 Å². The lowest BCUT2D eigenvalue weighted by molar-refractivity contribution is 0.310. The maximum atomic E-state index is 10.4. The van der Waals surface area contributed by atoms with Crippen LogP contribution in [0.25, 0.3) is 0 Å². The van der Waals surface area contributed by atoms with Gasteiger partial charge >= 0.3 is 0 Å². The van der Waals surface area contributed by atoms with Crippen molar-refractivity contribution < 1.29 is 4.52 Å². The largest absolute Gasteiger partial charge is 0.368 e. The molecule has 0 saturated carbocycles. The number of nitrogens with zero attached hydrogens (tertiary/aromatic N) is 1. The first-order valence-electron chi connectivity index (χ1n) is 2.13. The molecule has 4 nitrogen and oxygen atoms in total. The first kappa shape index (κ1) is 4.96. The fourth-order valence-corrected chi connectivity index (χ4v) is 0.442. The molecule has 4 heteroatoms. The van der Waals surface area contributed by atoms with Gasteiger partial charge in [-0.1, -0.05) is 0 Å². The molecular formula is C4H6N2O2. The van der Waals surface area contributed by atoms with Gasteiger partial charge in [0, 0.05) is 7.05 Å². The highest BCUT2D eigenvalue weighted by atomic mass is 16.5. The Balaban J connectivity index is 3.35. The van der Waals surface area contributed by atoms with Crippen molar-refractivity contribution in [3.63, 3.8) is 0 Å². The van der Waals surface area contributed by atoms with E-state index in [0.29, 0.717) is 0 Å². The molecule has 2 N–H and O–H groups in total. The predicted octanol–water partition coefficient (Wildman–Crippen LogP) is -0.440. The summed E-state index contributed by atoms with van der Waals surface area (Å²) in [5.74, 6) is 0.150. The second kappa shape index (κ2) is 1.40. The minimum atomic E-state index is -0.220. The molecule has 0 saturated heterocycles. The first-order valence-corrected chi connectivity index (χ1v) is 2.13. The molecule has 0 unspecified atom stereocenters. The predicted molar refractivity (Wildman–Crippen MR) is 28.4 cm³/mol. The van der Waals surface area contributed by atoms with E-state index in [1.165, 1.54) is 13.1 Å². The van der Waals surface area contributed by atoms with E-state index >= 15 is 0 Å². The topological polar surface area (TPSA) is 61.2 Å². The van der Waals surface area contributed by atoms with Crippen LogP contribution in [0.4, 0.5) is 5.88 Å². The summed E-state index contributed by atoms with van der Waals surface area (Å²) < 4.78 is 5.66. The van der Waals surface area contributed by atoms with Crippen LogP contribution in [-0.4, -0.2) is 4.74 Å². The molecule has 0 bridgehead atoms. The number of anilines is 1. The average Bonchev–Trinajstić information content (AvgIpc) is 1.85. The molecule has 1 aromatic heterocycles. The van der Waals surface area contributed by atoms with E-state index in [1.807, 2.05) is 0 Å². The van der Waals surface area contributed by atoms with Gasteiger partial charge < -0.3 is 10.3 Å². The third-order valence-corrected chi connectivity index (χ3v) is 0.818. The van der Waals surface area contributed by atoms with E-state index in [1.54, 1.807) is 0 Å². The van der Waals surface area contributed by atoms with Gasteiger partial charge in [-0.15, -0.1) is 0 Å². The normalized spacial score (nSPS) is 9.62. The lowest BCUT2D eigenvalue weighted by Gasteiger charge is -1.80. The summed E-state index contributed by atoms with van der Waals surface area (Å²) in [6.07, 6.45) is 0. The summed E-state index contributed by atoms with van der Waals surface area (Å²) in [6, 6.07) is 1.22. The third-order valence-electron chi connectivity index (χ3n) is 0.818. The van der Waals surface area contributed by atoms with Crippen LogP contribution >= 0.6 is 0 Å². The molecule has 0 aromatic carbocycles. The second-order valence-electron chi connectivity index (χ2n) is 1.47. The van der Waals surface area contributed by atoms with Gasteiger partial charge in [0.25, 0.3) is 5.56 Å². The smallest absolute Gasteiger partial charge is 0.284 e. The Bertz CT molecular complexity index is 234. The summed E-state index contributed by atoms with van der Waals surface area (Å²) in [6.45, 7) is 0. The lowest BCUT2D eigenvalue weighted by Crippen LogP contribution is -2.06. The molecule has 1 rings (SSSR count). The first-order chi connectivity index (χ1) is 3.70. The number of nitrogens with two attached hydrogens (primary N) is 1. The molecule has 0 aliphatic rings. The maximum Gasteiger partial charge on any atom is 0.284 e. The number of aromatic nitrogens is 1. The van der Waals surface area contributed by atoms with Crippen LogP contribution in [-0.2, 0) is 7.05 Å². The summed E-state index contributed by atoms with van der Waals surface area (Å²) in [5, 5.41) is 0. The number of nitrogen functional groups attached to an aromatic ring is 1. The molecule has 0 radical (unpaired) electrons. The molecule has 0 aliphatic carbocycles. The van der Waals surface area contributed by atoms with Crippen molar-refractivity contribution in [2.45, 2.75) is 0 Å². The van der Waals surface area contributed by atoms with Gasteiger partial charge in [0.1, 0.15) is 0 Å². The van der Waals surface area contributed by atoms with Gasteiger partial charge in [0.05, 0.1) is 6.07 Å². The Morgan fingerprint density at radius 1 is 1.88 bits per heavy atom. The van der Waals surface area contributed by atoms with Crippen molar-refractivity contribution in [3.8, 4) is 0 Å². The molecule has 44 valence electrons. The van der Waals surface area contributed by atoms with E-state index in [2.05, 4.69) is 4.52 Å². The molecule has 0 amide bonds. The Morgan fingerprint density at radius 3 is 2.62 bits per heavy atom. The Hall–Kier alpha value is -1.19. The van der Waals surface area contributed by atoms with Crippen molar-refractivity contribution in [3.05, 3.63) is 16.4 Å². The highest BCUT2D eigenvalue weighted by Gasteiger charge is 1.93. The minimum absolute atomic E-state index is 0.150. The molecular weight excluding hydrogens is 108 g/mol. The van der Waals surface area contributed by atoms with Gasteiger partial charge in [-0.25, -0.2) is 0 Å². The van der Waals surface area contributed by atoms with Gasteiger partial charge in [-0.2, -0.15) is 4.74 Å². The van der Waals surface area contributed by atoms with Gasteiger partial charge in [0.15, 0.2) is 0 Å². The fourth-order valence-electron chi connectivity index (χ4n) is 0.442. The number of aryl methyl sites for hydroxylation is 1. The minimum Gasteiger partial charge on any atom is -0.368 e. The molecule has 0 aliphatic heterocycles. The van der Waals surface area contributed by atoms with Crippen LogP contribution in [0.3, 0.4) is 0 Å². The number of rotatable bonds is 0. The Kier molecular flexibility index (Phi) is 0.865. The van der Waals surface area contributed by atoms with E-state index < -0.39 is 0 Å². The highest BCUT2D eigenvalue weighted by molar-refractivity contribution is 5.18. The Labute approximate surface area is 45.5 Å². The van der Waals surface area contributed by atoms with Crippen molar-refractivity contribution in [1.29, 1.82) is 0 Å². The lowest BCUT2D eigenvalue weighted by atomic mass is 10.7. The molecule has 0 atom stereocenters. The molecule has 8 heavy (non-hydrogen) atoms. The van der Waals surface area contributed by atoms with E-state index in [4.69, 9.17) is 5.73 Å². The maximum absolute atomic E-state index is 10.4. The summed E-state index contributed by atoms with van der Waals surface area (Å²) in [4.78, 5) is 10.4. The SMILES string of the molecule is Cn1oc(N)cc1=O. The van der Waals surface area contributed by atoms with Crippen molar-refractivity contribution in [2.75, 3.05) is 5.73 Å². The van der Waals surface area contributed by atoms with Crippen LogP contribution in [0, 0.1) is 0 Å². The summed E-state index contributed by atoms with van der Waals surface area (Å²) in [7, 11) is 1.50. The van der Waals surface area contributed by atoms with E-state index in [-0.39, 0.29) is 11.4 Å². The van der Waals surface area contributed by atoms with Crippen LogP contribution in [0.1, 0.15) is 0 Å². The van der Waals surface area contributed by atoms with Crippen molar-refractivity contribution >= 4 is 5.88 Å². The average molecular weight is 114 g/mol. The molecule has 1 heterocycles. The molecule has 0 spiro atoms. The highest BCUT2D eigenvalue weighted by Crippen LogP contribution is 1.91. The Morgan fingerprint density at radius 2 is 2.50 bits per heavy atom. The second-order valence-corrected chi connectivity index (χ2v) is 1.47. The van der Waals surface area contributed by atoms with Crippen LogP contribution < -0.4 is 11.3 Å². The zero-order valence-electron chi connectivity index (χ0n) is 4.42. The zero-order chi connectivity index (χ0) is 6.15. The summed E-state index contributed by atoms with van der Waals surface area (Å²) >= 11 is 0. The van der Waals surface area contributed by atoms with Gasteiger partial charge in [-0.05, 0) is 0 Å². The standard InChI is InChI=1S/C4H6N2O2/c1-6-4(7)2-3(5)8-6/h2H,5H2,1H3. The third kappa shape index (κ3) is 0.598. The molecule has 1 aromatic rings. The van der Waals surface area contributed by atoms with E-state index in [0.717, 1.165) is 4.74 Å². The fraction of sp³-hybridized carbons (Fsp3) is 0.250. The van der Waals surface area contributed by atoms with Crippen LogP contribution in [0.2, 0.25) is 0 Å². The van der Waals surface area contributed by atoms with Crippen molar-refractivity contribution in [2.24, 2.45) is 7.05 Å². The van der Waals surface area contributed by atoms with Gasteiger partial charge in [0.2, 0.25) is 5.88 Å². The molecule has 0 fully saturated rings. The van der Waals surface area contributed by atoms with Crippen LogP contribution in [0.5, 0.6) is 0 Å². The quantitative estimate of drug-likeness (QED) is 0.497. The van der Waals surface area contributed by atoms with Gasteiger partial charge in [-0.3, -0.25) is 4.79 Å².